The highest BCUT2D eigenvalue weighted by atomic mass is 35.5. The van der Waals surface area contributed by atoms with Crippen LogP contribution in [0.15, 0.2) is 47.4 Å². The number of carbonyl (C=O) groups is 1. The number of benzene rings is 2. The second kappa shape index (κ2) is 6.46. The molecule has 1 amide bonds. The fourth-order valence-electron chi connectivity index (χ4n) is 1.85. The Labute approximate surface area is 132 Å². The second-order valence-corrected chi connectivity index (χ2v) is 7.14. The standard InChI is InChI=1S/C15H13ClFNO3S/c1-2-22(20,21)14-6-4-3-5-11(14)15(19)18-10-7-8-13(17)12(16)9-10/h3-9H,2H2,1H3,(H,18,19). The summed E-state index contributed by atoms with van der Waals surface area (Å²) >= 11 is 5.65. The lowest BCUT2D eigenvalue weighted by molar-refractivity contribution is 0.102. The van der Waals surface area contributed by atoms with Crippen LogP contribution in [-0.4, -0.2) is 20.1 Å². The summed E-state index contributed by atoms with van der Waals surface area (Å²) in [5, 5.41) is 2.38. The summed E-state index contributed by atoms with van der Waals surface area (Å²) in [5.41, 5.74) is 0.310. The Morgan fingerprint density at radius 3 is 2.55 bits per heavy atom. The first kappa shape index (κ1) is 16.5. The van der Waals surface area contributed by atoms with Crippen molar-refractivity contribution in [3.8, 4) is 0 Å². The first-order valence-corrected chi connectivity index (χ1v) is 8.46. The topological polar surface area (TPSA) is 63.2 Å². The smallest absolute Gasteiger partial charge is 0.256 e. The van der Waals surface area contributed by atoms with Crippen LogP contribution in [0.5, 0.6) is 0 Å². The third-order valence-electron chi connectivity index (χ3n) is 3.02. The third kappa shape index (κ3) is 3.45. The number of amides is 1. The lowest BCUT2D eigenvalue weighted by Crippen LogP contribution is -2.17. The molecule has 1 N–H and O–H groups in total. The van der Waals surface area contributed by atoms with Crippen LogP contribution in [0, 0.1) is 5.82 Å². The van der Waals surface area contributed by atoms with Crippen molar-refractivity contribution in [3.63, 3.8) is 0 Å². The van der Waals surface area contributed by atoms with Gasteiger partial charge in [0.1, 0.15) is 5.82 Å². The van der Waals surface area contributed by atoms with Crippen LogP contribution in [0.1, 0.15) is 17.3 Å². The molecule has 0 aromatic heterocycles. The molecule has 0 saturated carbocycles. The number of anilines is 1. The SMILES string of the molecule is CCS(=O)(=O)c1ccccc1C(=O)Nc1ccc(F)c(Cl)c1. The van der Waals surface area contributed by atoms with Gasteiger partial charge in [0.25, 0.3) is 5.91 Å². The van der Waals surface area contributed by atoms with E-state index in [1.54, 1.807) is 12.1 Å². The molecule has 0 heterocycles. The molecule has 0 radical (unpaired) electrons. The summed E-state index contributed by atoms with van der Waals surface area (Å²) in [6.45, 7) is 1.50. The van der Waals surface area contributed by atoms with E-state index in [9.17, 15) is 17.6 Å². The summed E-state index contributed by atoms with van der Waals surface area (Å²) in [5.74, 6) is -1.32. The zero-order chi connectivity index (χ0) is 16.3. The van der Waals surface area contributed by atoms with Gasteiger partial charge in [0.15, 0.2) is 9.84 Å². The molecule has 0 aliphatic carbocycles. The van der Waals surface area contributed by atoms with Crippen LogP contribution in [0.25, 0.3) is 0 Å². The maximum absolute atomic E-state index is 13.1. The first-order chi connectivity index (χ1) is 10.3. The van der Waals surface area contributed by atoms with Gasteiger partial charge in [-0.05, 0) is 30.3 Å². The number of rotatable bonds is 4. The monoisotopic (exact) mass is 341 g/mol. The van der Waals surface area contributed by atoms with Crippen LogP contribution in [0.3, 0.4) is 0 Å². The molecule has 0 aliphatic heterocycles. The van der Waals surface area contributed by atoms with Gasteiger partial charge in [-0.25, -0.2) is 12.8 Å². The molecule has 0 aliphatic rings. The molecule has 0 atom stereocenters. The molecule has 2 aromatic rings. The zero-order valence-electron chi connectivity index (χ0n) is 11.6. The van der Waals surface area contributed by atoms with E-state index in [2.05, 4.69) is 5.32 Å². The fraction of sp³-hybridized carbons (Fsp3) is 0.133. The second-order valence-electron chi connectivity index (χ2n) is 4.48. The van der Waals surface area contributed by atoms with E-state index in [0.717, 1.165) is 6.07 Å². The predicted molar refractivity (Wildman–Crippen MR) is 83.5 cm³/mol. The van der Waals surface area contributed by atoms with Gasteiger partial charge >= 0.3 is 0 Å². The van der Waals surface area contributed by atoms with Crippen molar-refractivity contribution in [2.45, 2.75) is 11.8 Å². The van der Waals surface area contributed by atoms with Crippen LogP contribution in [0.4, 0.5) is 10.1 Å². The lowest BCUT2D eigenvalue weighted by Gasteiger charge is -2.10. The van der Waals surface area contributed by atoms with Crippen molar-refractivity contribution >= 4 is 33.0 Å². The van der Waals surface area contributed by atoms with E-state index in [-0.39, 0.29) is 26.9 Å². The Bertz CT molecular complexity index is 821. The van der Waals surface area contributed by atoms with Gasteiger partial charge in [0.2, 0.25) is 0 Å². The van der Waals surface area contributed by atoms with E-state index in [4.69, 9.17) is 11.6 Å². The van der Waals surface area contributed by atoms with Crippen molar-refractivity contribution in [1.82, 2.24) is 0 Å². The minimum Gasteiger partial charge on any atom is -0.322 e. The Morgan fingerprint density at radius 2 is 1.91 bits per heavy atom. The molecule has 0 spiro atoms. The maximum Gasteiger partial charge on any atom is 0.256 e. The number of hydrogen-bond donors (Lipinski definition) is 1. The van der Waals surface area contributed by atoms with Crippen LogP contribution >= 0.6 is 11.6 Å². The highest BCUT2D eigenvalue weighted by Gasteiger charge is 2.20. The van der Waals surface area contributed by atoms with Gasteiger partial charge in [-0.15, -0.1) is 0 Å². The van der Waals surface area contributed by atoms with Crippen LogP contribution in [-0.2, 0) is 9.84 Å². The Balaban J connectivity index is 2.36. The molecular weight excluding hydrogens is 329 g/mol. The van der Waals surface area contributed by atoms with Gasteiger partial charge < -0.3 is 5.32 Å². The molecule has 0 saturated heterocycles. The molecule has 4 nitrogen and oxygen atoms in total. The molecule has 0 unspecified atom stereocenters. The molecule has 7 heteroatoms. The average molecular weight is 342 g/mol. The van der Waals surface area contributed by atoms with Crippen molar-refractivity contribution in [2.75, 3.05) is 11.1 Å². The Morgan fingerprint density at radius 1 is 1.23 bits per heavy atom. The number of nitrogens with one attached hydrogen (secondary N) is 1. The van der Waals surface area contributed by atoms with Crippen molar-refractivity contribution in [3.05, 3.63) is 58.9 Å². The summed E-state index contributed by atoms with van der Waals surface area (Å²) in [4.78, 5) is 12.2. The fourth-order valence-corrected chi connectivity index (χ4v) is 3.13. The molecule has 2 aromatic carbocycles. The quantitative estimate of drug-likeness (QED) is 0.925. The predicted octanol–water partition coefficient (Wildman–Crippen LogP) is 3.53. The molecule has 0 fully saturated rings. The highest BCUT2D eigenvalue weighted by molar-refractivity contribution is 7.91. The molecule has 2 rings (SSSR count). The van der Waals surface area contributed by atoms with Crippen molar-refractivity contribution in [2.24, 2.45) is 0 Å². The lowest BCUT2D eigenvalue weighted by atomic mass is 10.2. The average Bonchev–Trinajstić information content (AvgIpc) is 2.51. The van der Waals surface area contributed by atoms with E-state index in [1.807, 2.05) is 0 Å². The Hall–Kier alpha value is -1.92. The van der Waals surface area contributed by atoms with Crippen LogP contribution in [0.2, 0.25) is 5.02 Å². The van der Waals surface area contributed by atoms with Crippen molar-refractivity contribution < 1.29 is 17.6 Å². The largest absolute Gasteiger partial charge is 0.322 e. The van der Waals surface area contributed by atoms with E-state index < -0.39 is 21.6 Å². The van der Waals surface area contributed by atoms with E-state index >= 15 is 0 Å². The van der Waals surface area contributed by atoms with Gasteiger partial charge in [-0.2, -0.15) is 0 Å². The van der Waals surface area contributed by atoms with Crippen LogP contribution < -0.4 is 5.32 Å². The zero-order valence-corrected chi connectivity index (χ0v) is 13.2. The molecular formula is C15H13ClFNO3S. The molecule has 22 heavy (non-hydrogen) atoms. The van der Waals surface area contributed by atoms with Gasteiger partial charge in [0, 0.05) is 5.69 Å². The Kier molecular flexibility index (Phi) is 4.83. The highest BCUT2D eigenvalue weighted by Crippen LogP contribution is 2.22. The summed E-state index contributed by atoms with van der Waals surface area (Å²) in [6.07, 6.45) is 0. The van der Waals surface area contributed by atoms with E-state index in [1.165, 1.54) is 31.2 Å². The van der Waals surface area contributed by atoms with Gasteiger partial charge in [0.05, 0.1) is 21.2 Å². The van der Waals surface area contributed by atoms with Gasteiger partial charge in [-0.3, -0.25) is 4.79 Å². The first-order valence-electron chi connectivity index (χ1n) is 6.43. The van der Waals surface area contributed by atoms with Gasteiger partial charge in [-0.1, -0.05) is 30.7 Å². The number of sulfone groups is 1. The van der Waals surface area contributed by atoms with E-state index in [0.29, 0.717) is 0 Å². The van der Waals surface area contributed by atoms with Crippen molar-refractivity contribution in [1.29, 1.82) is 0 Å². The minimum absolute atomic E-state index is 0.0322. The number of hydrogen-bond acceptors (Lipinski definition) is 3. The third-order valence-corrected chi connectivity index (χ3v) is 5.10. The summed E-state index contributed by atoms with van der Waals surface area (Å²) in [7, 11) is -3.53. The molecule has 0 bridgehead atoms. The minimum atomic E-state index is -3.53. The molecule has 116 valence electrons. The normalized spacial score (nSPS) is 11.2. The number of carbonyl (C=O) groups excluding carboxylic acids is 1. The summed E-state index contributed by atoms with van der Waals surface area (Å²) < 4.78 is 37.2. The summed E-state index contributed by atoms with van der Waals surface area (Å²) in [6, 6.07) is 9.64. The number of halogens is 2. The maximum atomic E-state index is 13.1.